The Labute approximate surface area is 85.1 Å². The molecule has 0 aliphatic heterocycles. The lowest BCUT2D eigenvalue weighted by molar-refractivity contribution is 0.602. The Morgan fingerprint density at radius 1 is 1.29 bits per heavy atom. The fourth-order valence-electron chi connectivity index (χ4n) is 1.15. The lowest BCUT2D eigenvalue weighted by atomic mass is 10.3. The average molecular weight is 213 g/mol. The van der Waals surface area contributed by atoms with Crippen LogP contribution in [-0.4, -0.2) is 20.7 Å². The van der Waals surface area contributed by atoms with Crippen LogP contribution in [0, 0.1) is 0 Å². The second kappa shape index (κ2) is 4.00. The molecule has 1 aromatic rings. The zero-order chi connectivity index (χ0) is 10.8. The van der Waals surface area contributed by atoms with Crippen LogP contribution in [-0.2, 0) is 9.84 Å². The van der Waals surface area contributed by atoms with Gasteiger partial charge >= 0.3 is 0 Å². The minimum absolute atomic E-state index is 0.296. The quantitative estimate of drug-likeness (QED) is 0.834. The van der Waals surface area contributed by atoms with E-state index in [2.05, 4.69) is 5.32 Å². The molecule has 0 atom stereocenters. The summed E-state index contributed by atoms with van der Waals surface area (Å²) in [6.07, 6.45) is 1.21. The molecule has 0 aliphatic rings. The van der Waals surface area contributed by atoms with Gasteiger partial charge in [-0.05, 0) is 32.0 Å². The highest BCUT2D eigenvalue weighted by Crippen LogP contribution is 2.15. The third-order valence-electron chi connectivity index (χ3n) is 1.72. The lowest BCUT2D eigenvalue weighted by Crippen LogP contribution is -2.10. The molecule has 1 aromatic carbocycles. The fourth-order valence-corrected chi connectivity index (χ4v) is 1.82. The molecule has 0 bridgehead atoms. The van der Waals surface area contributed by atoms with E-state index in [1.54, 1.807) is 18.2 Å². The van der Waals surface area contributed by atoms with Gasteiger partial charge in [0.05, 0.1) is 4.90 Å². The highest BCUT2D eigenvalue weighted by atomic mass is 32.2. The maximum Gasteiger partial charge on any atom is 0.175 e. The van der Waals surface area contributed by atoms with E-state index in [-0.39, 0.29) is 0 Å². The summed E-state index contributed by atoms with van der Waals surface area (Å²) in [5.74, 6) is 0. The van der Waals surface area contributed by atoms with Crippen molar-refractivity contribution in [2.24, 2.45) is 0 Å². The van der Waals surface area contributed by atoms with E-state index in [0.29, 0.717) is 10.9 Å². The number of hydrogen-bond acceptors (Lipinski definition) is 3. The fraction of sp³-hybridized carbons (Fsp3) is 0.400. The summed E-state index contributed by atoms with van der Waals surface area (Å²) in [4.78, 5) is 0.350. The van der Waals surface area contributed by atoms with Crippen LogP contribution >= 0.6 is 0 Å². The van der Waals surface area contributed by atoms with Gasteiger partial charge in [-0.25, -0.2) is 8.42 Å². The summed E-state index contributed by atoms with van der Waals surface area (Å²) in [6.45, 7) is 4.01. The van der Waals surface area contributed by atoms with Crippen molar-refractivity contribution < 1.29 is 8.42 Å². The first kappa shape index (κ1) is 11.0. The van der Waals surface area contributed by atoms with Crippen molar-refractivity contribution in [3.63, 3.8) is 0 Å². The van der Waals surface area contributed by atoms with Crippen LogP contribution < -0.4 is 5.32 Å². The van der Waals surface area contributed by atoms with Crippen LogP contribution in [0.4, 0.5) is 5.69 Å². The zero-order valence-corrected chi connectivity index (χ0v) is 9.43. The van der Waals surface area contributed by atoms with Crippen LogP contribution in [0.3, 0.4) is 0 Å². The van der Waals surface area contributed by atoms with Crippen molar-refractivity contribution >= 4 is 15.5 Å². The Morgan fingerprint density at radius 2 is 1.93 bits per heavy atom. The summed E-state index contributed by atoms with van der Waals surface area (Å²) in [6, 6.07) is 7.14. The smallest absolute Gasteiger partial charge is 0.175 e. The second-order valence-electron chi connectivity index (χ2n) is 3.60. The average Bonchev–Trinajstić information content (AvgIpc) is 2.01. The van der Waals surface area contributed by atoms with Crippen molar-refractivity contribution in [1.29, 1.82) is 0 Å². The van der Waals surface area contributed by atoms with Gasteiger partial charge in [-0.15, -0.1) is 0 Å². The Bertz CT molecular complexity index is 410. The third kappa shape index (κ3) is 3.03. The van der Waals surface area contributed by atoms with E-state index in [9.17, 15) is 8.42 Å². The van der Waals surface area contributed by atoms with Gasteiger partial charge in [-0.3, -0.25) is 0 Å². The highest BCUT2D eigenvalue weighted by molar-refractivity contribution is 7.90. The number of nitrogens with one attached hydrogen (secondary N) is 1. The molecule has 0 fully saturated rings. The van der Waals surface area contributed by atoms with E-state index < -0.39 is 9.84 Å². The van der Waals surface area contributed by atoms with Crippen molar-refractivity contribution in [1.82, 2.24) is 0 Å². The van der Waals surface area contributed by atoms with E-state index >= 15 is 0 Å². The van der Waals surface area contributed by atoms with Crippen LogP contribution in [0.2, 0.25) is 0 Å². The molecule has 1 N–H and O–H groups in total. The number of anilines is 1. The number of hydrogen-bond donors (Lipinski definition) is 1. The van der Waals surface area contributed by atoms with Crippen molar-refractivity contribution in [2.45, 2.75) is 24.8 Å². The topological polar surface area (TPSA) is 46.2 Å². The number of benzene rings is 1. The van der Waals surface area contributed by atoms with Gasteiger partial charge in [-0.1, -0.05) is 6.07 Å². The molecule has 0 aromatic heterocycles. The zero-order valence-electron chi connectivity index (χ0n) is 8.61. The van der Waals surface area contributed by atoms with E-state index in [1.807, 2.05) is 19.9 Å². The predicted octanol–water partition coefficient (Wildman–Crippen LogP) is 1.91. The van der Waals surface area contributed by atoms with E-state index in [0.717, 1.165) is 5.69 Å². The molecule has 0 unspecified atom stereocenters. The molecule has 0 radical (unpaired) electrons. The van der Waals surface area contributed by atoms with E-state index in [4.69, 9.17) is 0 Å². The van der Waals surface area contributed by atoms with Gasteiger partial charge in [0.15, 0.2) is 9.84 Å². The maximum absolute atomic E-state index is 11.2. The Morgan fingerprint density at radius 3 is 2.43 bits per heavy atom. The normalized spacial score (nSPS) is 11.7. The molecular weight excluding hydrogens is 198 g/mol. The summed E-state index contributed by atoms with van der Waals surface area (Å²) in [5, 5.41) is 3.15. The minimum Gasteiger partial charge on any atom is -0.383 e. The van der Waals surface area contributed by atoms with Crippen LogP contribution in [0.15, 0.2) is 29.2 Å². The molecule has 14 heavy (non-hydrogen) atoms. The summed E-state index contributed by atoms with van der Waals surface area (Å²) >= 11 is 0. The summed E-state index contributed by atoms with van der Waals surface area (Å²) < 4.78 is 22.5. The molecule has 0 spiro atoms. The first-order valence-corrected chi connectivity index (χ1v) is 6.35. The standard InChI is InChI=1S/C10H15NO2S/c1-8(2)11-9-5-4-6-10(7-9)14(3,12)13/h4-8,11H,1-3H3. The first-order chi connectivity index (χ1) is 6.39. The lowest BCUT2D eigenvalue weighted by Gasteiger charge is -2.10. The van der Waals surface area contributed by atoms with Crippen LogP contribution in [0.1, 0.15) is 13.8 Å². The number of sulfone groups is 1. The molecule has 4 heteroatoms. The first-order valence-electron chi connectivity index (χ1n) is 4.46. The SMILES string of the molecule is CC(C)Nc1cccc(S(C)(=O)=O)c1. The Balaban J connectivity index is 3.02. The highest BCUT2D eigenvalue weighted by Gasteiger charge is 2.07. The molecule has 78 valence electrons. The molecule has 1 rings (SSSR count). The van der Waals surface area contributed by atoms with Gasteiger partial charge in [0.2, 0.25) is 0 Å². The van der Waals surface area contributed by atoms with Gasteiger partial charge < -0.3 is 5.32 Å². The van der Waals surface area contributed by atoms with E-state index in [1.165, 1.54) is 6.26 Å². The third-order valence-corrected chi connectivity index (χ3v) is 2.83. The van der Waals surface area contributed by atoms with Crippen LogP contribution in [0.25, 0.3) is 0 Å². The second-order valence-corrected chi connectivity index (χ2v) is 5.61. The van der Waals surface area contributed by atoms with Gasteiger partial charge in [-0.2, -0.15) is 0 Å². The summed E-state index contributed by atoms with van der Waals surface area (Å²) in [7, 11) is -3.10. The summed E-state index contributed by atoms with van der Waals surface area (Å²) in [5.41, 5.74) is 0.836. The monoisotopic (exact) mass is 213 g/mol. The van der Waals surface area contributed by atoms with Gasteiger partial charge in [0, 0.05) is 18.0 Å². The molecular formula is C10H15NO2S. The molecule has 0 aliphatic carbocycles. The van der Waals surface area contributed by atoms with Crippen molar-refractivity contribution in [2.75, 3.05) is 11.6 Å². The van der Waals surface area contributed by atoms with Gasteiger partial charge in [0.25, 0.3) is 0 Å². The largest absolute Gasteiger partial charge is 0.383 e. The minimum atomic E-state index is -3.10. The Hall–Kier alpha value is -1.03. The molecule has 0 heterocycles. The van der Waals surface area contributed by atoms with Crippen molar-refractivity contribution in [3.8, 4) is 0 Å². The molecule has 0 saturated carbocycles. The Kier molecular flexibility index (Phi) is 3.16. The molecule has 0 saturated heterocycles. The predicted molar refractivity (Wildman–Crippen MR) is 58.3 cm³/mol. The number of rotatable bonds is 3. The van der Waals surface area contributed by atoms with Gasteiger partial charge in [0.1, 0.15) is 0 Å². The molecule has 0 amide bonds. The molecule has 3 nitrogen and oxygen atoms in total. The van der Waals surface area contributed by atoms with Crippen LogP contribution in [0.5, 0.6) is 0 Å². The van der Waals surface area contributed by atoms with Crippen molar-refractivity contribution in [3.05, 3.63) is 24.3 Å². The maximum atomic E-state index is 11.2.